The predicted molar refractivity (Wildman–Crippen MR) is 86.0 cm³/mol. The maximum absolute atomic E-state index is 9.36. The first-order chi connectivity index (χ1) is 10.2. The van der Waals surface area contributed by atoms with Gasteiger partial charge < -0.3 is 4.98 Å². The lowest BCUT2D eigenvalue weighted by Gasteiger charge is -2.00. The molecule has 1 N–H and O–H groups in total. The van der Waals surface area contributed by atoms with Gasteiger partial charge in [0.1, 0.15) is 11.9 Å². The highest BCUT2D eigenvalue weighted by molar-refractivity contribution is 6.35. The molecule has 1 heterocycles. The number of hydrogen-bond donors (Lipinski definition) is 1. The van der Waals surface area contributed by atoms with E-state index < -0.39 is 0 Å². The molecule has 3 aromatic rings. The molecule has 21 heavy (non-hydrogen) atoms. The lowest BCUT2D eigenvalue weighted by molar-refractivity contribution is 1.27. The lowest BCUT2D eigenvalue weighted by Crippen LogP contribution is -1.85. The fourth-order valence-corrected chi connectivity index (χ4v) is 2.47. The Bertz CT molecular complexity index is 855. The predicted octanol–water partition coefficient (Wildman–Crippen LogP) is 4.93. The molecular weight excluding hydrogens is 305 g/mol. The van der Waals surface area contributed by atoms with Gasteiger partial charge >= 0.3 is 0 Å². The van der Waals surface area contributed by atoms with Crippen LogP contribution in [0, 0.1) is 11.3 Å². The van der Waals surface area contributed by atoms with Crippen molar-refractivity contribution in [2.75, 3.05) is 0 Å². The smallest absolute Gasteiger partial charge is 0.149 e. The second kappa shape index (κ2) is 5.61. The Morgan fingerprint density at radius 3 is 2.71 bits per heavy atom. The van der Waals surface area contributed by atoms with Gasteiger partial charge in [-0.05, 0) is 35.9 Å². The number of rotatable bonds is 2. The van der Waals surface area contributed by atoms with Crippen LogP contribution in [0.5, 0.6) is 0 Å². The van der Waals surface area contributed by atoms with Crippen LogP contribution in [-0.2, 0) is 0 Å². The average molecular weight is 314 g/mol. The third-order valence-corrected chi connectivity index (χ3v) is 3.59. The standard InChI is InChI=1S/C16H9Cl2N3/c17-12-6-5-10(13(18)8-12)7-11(9-19)16-20-14-3-1-2-4-15(14)21-16/h1-8H,(H,20,21)/b11-7+. The molecule has 0 saturated carbocycles. The van der Waals surface area contributed by atoms with Gasteiger partial charge in [-0.3, -0.25) is 0 Å². The van der Waals surface area contributed by atoms with Crippen molar-refractivity contribution >= 4 is 45.9 Å². The van der Waals surface area contributed by atoms with E-state index in [0.717, 1.165) is 16.6 Å². The number of benzene rings is 2. The monoisotopic (exact) mass is 313 g/mol. The molecule has 0 bridgehead atoms. The quantitative estimate of drug-likeness (QED) is 0.682. The van der Waals surface area contributed by atoms with E-state index in [1.54, 1.807) is 24.3 Å². The van der Waals surface area contributed by atoms with Crippen molar-refractivity contribution < 1.29 is 0 Å². The zero-order valence-corrected chi connectivity index (χ0v) is 12.3. The molecule has 0 spiro atoms. The van der Waals surface area contributed by atoms with Gasteiger partial charge in [0.2, 0.25) is 0 Å². The van der Waals surface area contributed by atoms with Crippen LogP contribution >= 0.6 is 23.2 Å². The fourth-order valence-electron chi connectivity index (χ4n) is 2.01. The molecule has 102 valence electrons. The Balaban J connectivity index is 2.09. The van der Waals surface area contributed by atoms with Crippen molar-refractivity contribution in [1.82, 2.24) is 9.97 Å². The van der Waals surface area contributed by atoms with E-state index in [0.29, 0.717) is 21.4 Å². The van der Waals surface area contributed by atoms with Crippen molar-refractivity contribution in [3.8, 4) is 6.07 Å². The number of nitriles is 1. The molecule has 2 aromatic carbocycles. The SMILES string of the molecule is N#C/C(=C\c1ccc(Cl)cc1Cl)c1nc2ccccc2[nH]1. The number of halogens is 2. The molecule has 0 radical (unpaired) electrons. The number of aromatic amines is 1. The summed E-state index contributed by atoms with van der Waals surface area (Å²) < 4.78 is 0. The van der Waals surface area contributed by atoms with Crippen LogP contribution in [0.15, 0.2) is 42.5 Å². The number of aromatic nitrogens is 2. The van der Waals surface area contributed by atoms with E-state index in [-0.39, 0.29) is 0 Å². The molecule has 0 amide bonds. The molecule has 0 aliphatic heterocycles. The van der Waals surface area contributed by atoms with Gasteiger partial charge in [0.15, 0.2) is 0 Å². The summed E-state index contributed by atoms with van der Waals surface area (Å²) in [5.41, 5.74) is 2.83. The Hall–Kier alpha value is -2.28. The van der Waals surface area contributed by atoms with Gasteiger partial charge in [0, 0.05) is 10.0 Å². The third kappa shape index (κ3) is 2.78. The first-order valence-electron chi connectivity index (χ1n) is 6.19. The van der Waals surface area contributed by atoms with Crippen LogP contribution in [0.4, 0.5) is 0 Å². The fraction of sp³-hybridized carbons (Fsp3) is 0. The number of allylic oxidation sites excluding steroid dienone is 1. The normalized spacial score (nSPS) is 11.6. The first kappa shape index (κ1) is 13.7. The molecule has 3 nitrogen and oxygen atoms in total. The van der Waals surface area contributed by atoms with Crippen molar-refractivity contribution in [1.29, 1.82) is 5.26 Å². The molecule has 5 heteroatoms. The number of hydrogen-bond acceptors (Lipinski definition) is 2. The number of H-pyrrole nitrogens is 1. The number of nitrogens with zero attached hydrogens (tertiary/aromatic N) is 2. The summed E-state index contributed by atoms with van der Waals surface area (Å²) in [5, 5.41) is 10.4. The molecule has 0 fully saturated rings. The number of para-hydroxylation sites is 2. The minimum absolute atomic E-state index is 0.412. The molecule has 0 aliphatic carbocycles. The minimum Gasteiger partial charge on any atom is -0.337 e. The zero-order chi connectivity index (χ0) is 14.8. The summed E-state index contributed by atoms with van der Waals surface area (Å²) in [6.07, 6.45) is 1.69. The van der Waals surface area contributed by atoms with Crippen LogP contribution in [0.2, 0.25) is 10.0 Å². The van der Waals surface area contributed by atoms with E-state index in [2.05, 4.69) is 16.0 Å². The number of nitrogens with one attached hydrogen (secondary N) is 1. The van der Waals surface area contributed by atoms with Crippen LogP contribution in [-0.4, -0.2) is 9.97 Å². The summed E-state index contributed by atoms with van der Waals surface area (Å²) in [7, 11) is 0. The summed E-state index contributed by atoms with van der Waals surface area (Å²) in [5.74, 6) is 0.518. The van der Waals surface area contributed by atoms with Crippen molar-refractivity contribution in [3.05, 3.63) is 63.9 Å². The summed E-state index contributed by atoms with van der Waals surface area (Å²) >= 11 is 12.0. The van der Waals surface area contributed by atoms with Gasteiger partial charge in [-0.1, -0.05) is 41.4 Å². The van der Waals surface area contributed by atoms with Crippen molar-refractivity contribution in [2.24, 2.45) is 0 Å². The van der Waals surface area contributed by atoms with Crippen LogP contribution in [0.1, 0.15) is 11.4 Å². The van der Waals surface area contributed by atoms with E-state index in [9.17, 15) is 5.26 Å². The van der Waals surface area contributed by atoms with E-state index in [4.69, 9.17) is 23.2 Å². The molecular formula is C16H9Cl2N3. The van der Waals surface area contributed by atoms with Crippen LogP contribution in [0.25, 0.3) is 22.7 Å². The molecule has 0 atom stereocenters. The van der Waals surface area contributed by atoms with Crippen LogP contribution < -0.4 is 0 Å². The Kier molecular flexibility index (Phi) is 3.66. The molecule has 0 aliphatic rings. The molecule has 3 rings (SSSR count). The zero-order valence-electron chi connectivity index (χ0n) is 10.8. The lowest BCUT2D eigenvalue weighted by atomic mass is 10.1. The number of imidazole rings is 1. The summed E-state index contributed by atoms with van der Waals surface area (Å²) in [6.45, 7) is 0. The van der Waals surface area contributed by atoms with E-state index in [1.165, 1.54) is 0 Å². The molecule has 0 unspecified atom stereocenters. The topological polar surface area (TPSA) is 52.5 Å². The summed E-state index contributed by atoms with van der Waals surface area (Å²) in [4.78, 5) is 7.54. The molecule has 1 aromatic heterocycles. The molecule has 0 saturated heterocycles. The maximum Gasteiger partial charge on any atom is 0.149 e. The Morgan fingerprint density at radius 1 is 1.19 bits per heavy atom. The largest absolute Gasteiger partial charge is 0.337 e. The third-order valence-electron chi connectivity index (χ3n) is 3.03. The average Bonchev–Trinajstić information content (AvgIpc) is 2.90. The maximum atomic E-state index is 9.36. The van der Waals surface area contributed by atoms with Gasteiger partial charge in [-0.15, -0.1) is 0 Å². The first-order valence-corrected chi connectivity index (χ1v) is 6.95. The van der Waals surface area contributed by atoms with Gasteiger partial charge in [0.25, 0.3) is 0 Å². The van der Waals surface area contributed by atoms with Crippen molar-refractivity contribution in [2.45, 2.75) is 0 Å². The second-order valence-corrected chi connectivity index (χ2v) is 5.28. The van der Waals surface area contributed by atoms with Crippen LogP contribution in [0.3, 0.4) is 0 Å². The van der Waals surface area contributed by atoms with Crippen molar-refractivity contribution in [3.63, 3.8) is 0 Å². The Morgan fingerprint density at radius 2 is 2.00 bits per heavy atom. The van der Waals surface area contributed by atoms with Gasteiger partial charge in [-0.25, -0.2) is 4.98 Å². The Labute approximate surface area is 131 Å². The highest BCUT2D eigenvalue weighted by Gasteiger charge is 2.08. The number of fused-ring (bicyclic) bond motifs is 1. The minimum atomic E-state index is 0.412. The van der Waals surface area contributed by atoms with E-state index >= 15 is 0 Å². The second-order valence-electron chi connectivity index (χ2n) is 4.44. The highest BCUT2D eigenvalue weighted by atomic mass is 35.5. The highest BCUT2D eigenvalue weighted by Crippen LogP contribution is 2.25. The van der Waals surface area contributed by atoms with Gasteiger partial charge in [-0.2, -0.15) is 5.26 Å². The van der Waals surface area contributed by atoms with E-state index in [1.807, 2.05) is 24.3 Å². The summed E-state index contributed by atoms with van der Waals surface area (Å²) in [6, 6.07) is 14.9. The van der Waals surface area contributed by atoms with Gasteiger partial charge in [0.05, 0.1) is 16.6 Å².